The fourth-order valence-electron chi connectivity index (χ4n) is 1.66. The van der Waals surface area contributed by atoms with Gasteiger partial charge in [-0.1, -0.05) is 32.4 Å². The molecule has 0 aliphatic carbocycles. The number of rotatable bonds is 6. The molecule has 0 fully saturated rings. The summed E-state index contributed by atoms with van der Waals surface area (Å²) >= 11 is 5.75. The number of nitrogens with one attached hydrogen (secondary N) is 1. The third kappa shape index (κ3) is 6.49. The third-order valence-electron chi connectivity index (χ3n) is 2.94. The molecule has 0 bridgehead atoms. The zero-order valence-corrected chi connectivity index (χ0v) is 13.1. The highest BCUT2D eigenvalue weighted by Crippen LogP contribution is 2.22. The summed E-state index contributed by atoms with van der Waals surface area (Å²) in [6.07, 6.45) is -0.129. The Bertz CT molecular complexity index is 493. The van der Waals surface area contributed by atoms with E-state index in [9.17, 15) is 9.59 Å². The first-order valence-corrected chi connectivity index (χ1v) is 6.96. The number of carboxylic acid groups (broad SMARTS) is 1. The van der Waals surface area contributed by atoms with E-state index in [1.807, 2.05) is 20.8 Å². The fourth-order valence-corrected chi connectivity index (χ4v) is 1.79. The molecule has 1 rings (SSSR count). The van der Waals surface area contributed by atoms with Crippen molar-refractivity contribution in [1.29, 1.82) is 0 Å². The van der Waals surface area contributed by atoms with Crippen LogP contribution in [0.15, 0.2) is 24.3 Å². The van der Waals surface area contributed by atoms with Crippen LogP contribution in [0.5, 0.6) is 5.75 Å². The van der Waals surface area contributed by atoms with Crippen LogP contribution in [0.3, 0.4) is 0 Å². The SMILES string of the molecule is CC(C)(C)C(CC(=O)O)NC(=O)COc1ccc(Cl)cc1. The van der Waals surface area contributed by atoms with Crippen molar-refractivity contribution in [3.8, 4) is 5.75 Å². The monoisotopic (exact) mass is 313 g/mol. The van der Waals surface area contributed by atoms with Gasteiger partial charge < -0.3 is 15.2 Å². The summed E-state index contributed by atoms with van der Waals surface area (Å²) in [6, 6.07) is 6.19. The zero-order chi connectivity index (χ0) is 16.0. The van der Waals surface area contributed by atoms with Crippen molar-refractivity contribution in [3.63, 3.8) is 0 Å². The minimum atomic E-state index is -0.950. The number of benzene rings is 1. The van der Waals surface area contributed by atoms with E-state index in [4.69, 9.17) is 21.4 Å². The van der Waals surface area contributed by atoms with Gasteiger partial charge in [0.15, 0.2) is 6.61 Å². The van der Waals surface area contributed by atoms with Crippen molar-refractivity contribution in [2.24, 2.45) is 5.41 Å². The molecular weight excluding hydrogens is 294 g/mol. The van der Waals surface area contributed by atoms with Gasteiger partial charge in [-0.05, 0) is 29.7 Å². The van der Waals surface area contributed by atoms with Gasteiger partial charge in [0.2, 0.25) is 0 Å². The maximum absolute atomic E-state index is 11.9. The van der Waals surface area contributed by atoms with Crippen molar-refractivity contribution >= 4 is 23.5 Å². The minimum absolute atomic E-state index is 0.129. The number of halogens is 1. The maximum atomic E-state index is 11.9. The van der Waals surface area contributed by atoms with Crippen molar-refractivity contribution in [3.05, 3.63) is 29.3 Å². The number of hydrogen-bond acceptors (Lipinski definition) is 3. The van der Waals surface area contributed by atoms with Gasteiger partial charge in [-0.25, -0.2) is 0 Å². The predicted molar refractivity (Wildman–Crippen MR) is 80.6 cm³/mol. The first-order valence-electron chi connectivity index (χ1n) is 6.58. The Morgan fingerprint density at radius 3 is 2.33 bits per heavy atom. The maximum Gasteiger partial charge on any atom is 0.305 e. The summed E-state index contributed by atoms with van der Waals surface area (Å²) in [4.78, 5) is 22.7. The molecule has 0 saturated heterocycles. The van der Waals surface area contributed by atoms with Crippen molar-refractivity contribution in [1.82, 2.24) is 5.32 Å². The molecule has 0 aliphatic heterocycles. The first kappa shape index (κ1) is 17.3. The standard InChI is InChI=1S/C15H20ClNO4/c1-15(2,3)12(8-14(19)20)17-13(18)9-21-11-6-4-10(16)5-7-11/h4-7,12H,8-9H2,1-3H3,(H,17,18)(H,19,20). The summed E-state index contributed by atoms with van der Waals surface area (Å²) in [5.74, 6) is -0.778. The Balaban J connectivity index is 2.54. The second kappa shape index (κ2) is 7.31. The molecule has 5 nitrogen and oxygen atoms in total. The van der Waals surface area contributed by atoms with Gasteiger partial charge in [0, 0.05) is 11.1 Å². The van der Waals surface area contributed by atoms with E-state index in [0.29, 0.717) is 10.8 Å². The topological polar surface area (TPSA) is 75.6 Å². The number of carbonyl (C=O) groups excluding carboxylic acids is 1. The number of carbonyl (C=O) groups is 2. The number of aliphatic carboxylic acids is 1. The predicted octanol–water partition coefficient (Wildman–Crippen LogP) is 2.72. The van der Waals surface area contributed by atoms with Crippen LogP contribution in [0.4, 0.5) is 0 Å². The molecule has 2 N–H and O–H groups in total. The molecule has 1 atom stereocenters. The van der Waals surface area contributed by atoms with Crippen LogP contribution < -0.4 is 10.1 Å². The second-order valence-corrected chi connectivity index (χ2v) is 6.26. The van der Waals surface area contributed by atoms with Gasteiger partial charge in [-0.2, -0.15) is 0 Å². The first-order chi connectivity index (χ1) is 9.68. The number of amides is 1. The Morgan fingerprint density at radius 1 is 1.29 bits per heavy atom. The lowest BCUT2D eigenvalue weighted by atomic mass is 9.85. The fraction of sp³-hybridized carbons (Fsp3) is 0.467. The highest BCUT2D eigenvalue weighted by atomic mass is 35.5. The number of hydrogen-bond donors (Lipinski definition) is 2. The summed E-state index contributed by atoms with van der Waals surface area (Å²) in [7, 11) is 0. The Kier molecular flexibility index (Phi) is 6.03. The second-order valence-electron chi connectivity index (χ2n) is 5.83. The lowest BCUT2D eigenvalue weighted by Crippen LogP contribution is -2.46. The average Bonchev–Trinajstić information content (AvgIpc) is 2.36. The highest BCUT2D eigenvalue weighted by molar-refractivity contribution is 6.30. The number of carboxylic acids is 1. The summed E-state index contributed by atoms with van der Waals surface area (Å²) in [5.41, 5.74) is -0.353. The molecule has 21 heavy (non-hydrogen) atoms. The minimum Gasteiger partial charge on any atom is -0.484 e. The van der Waals surface area contributed by atoms with Gasteiger partial charge in [0.05, 0.1) is 6.42 Å². The van der Waals surface area contributed by atoms with E-state index < -0.39 is 12.0 Å². The Morgan fingerprint density at radius 2 is 1.86 bits per heavy atom. The van der Waals surface area contributed by atoms with Gasteiger partial charge in [0.1, 0.15) is 5.75 Å². The lowest BCUT2D eigenvalue weighted by Gasteiger charge is -2.30. The van der Waals surface area contributed by atoms with E-state index >= 15 is 0 Å². The van der Waals surface area contributed by atoms with Crippen molar-refractivity contribution in [2.45, 2.75) is 33.2 Å². The molecule has 1 aromatic carbocycles. The van der Waals surface area contributed by atoms with E-state index in [1.54, 1.807) is 24.3 Å². The largest absolute Gasteiger partial charge is 0.484 e. The van der Waals surface area contributed by atoms with Crippen molar-refractivity contribution in [2.75, 3.05) is 6.61 Å². The van der Waals surface area contributed by atoms with E-state index in [-0.39, 0.29) is 24.3 Å². The summed E-state index contributed by atoms with van der Waals surface area (Å²) < 4.78 is 5.32. The van der Waals surface area contributed by atoms with Crippen LogP contribution >= 0.6 is 11.6 Å². The van der Waals surface area contributed by atoms with Crippen LogP contribution in [0.1, 0.15) is 27.2 Å². The lowest BCUT2D eigenvalue weighted by molar-refractivity contribution is -0.138. The average molecular weight is 314 g/mol. The van der Waals surface area contributed by atoms with Gasteiger partial charge >= 0.3 is 5.97 Å². The molecule has 0 saturated carbocycles. The van der Waals surface area contributed by atoms with Gasteiger partial charge in [-0.15, -0.1) is 0 Å². The van der Waals surface area contributed by atoms with Crippen LogP contribution in [0.25, 0.3) is 0 Å². The van der Waals surface area contributed by atoms with Crippen LogP contribution in [-0.4, -0.2) is 29.6 Å². The molecule has 116 valence electrons. The molecule has 1 amide bonds. The molecule has 1 aromatic rings. The normalized spacial score (nSPS) is 12.6. The third-order valence-corrected chi connectivity index (χ3v) is 3.19. The molecule has 6 heteroatoms. The highest BCUT2D eigenvalue weighted by Gasteiger charge is 2.28. The molecule has 0 aliphatic rings. The molecule has 1 unspecified atom stereocenters. The number of ether oxygens (including phenoxy) is 1. The van der Waals surface area contributed by atoms with Gasteiger partial charge in [0.25, 0.3) is 5.91 Å². The molecule has 0 aromatic heterocycles. The van der Waals surface area contributed by atoms with E-state index in [0.717, 1.165) is 0 Å². The molecule has 0 spiro atoms. The molecule has 0 radical (unpaired) electrons. The van der Waals surface area contributed by atoms with Crippen LogP contribution in [0, 0.1) is 5.41 Å². The zero-order valence-electron chi connectivity index (χ0n) is 12.4. The quantitative estimate of drug-likeness (QED) is 0.846. The molecular formula is C15H20ClNO4. The molecule has 0 heterocycles. The Hall–Kier alpha value is -1.75. The summed E-state index contributed by atoms with van der Waals surface area (Å²) in [5, 5.41) is 12.2. The van der Waals surface area contributed by atoms with Gasteiger partial charge in [-0.3, -0.25) is 9.59 Å². The Labute approximate surface area is 129 Å². The van der Waals surface area contributed by atoms with Crippen LogP contribution in [-0.2, 0) is 9.59 Å². The van der Waals surface area contributed by atoms with E-state index in [1.165, 1.54) is 0 Å². The van der Waals surface area contributed by atoms with E-state index in [2.05, 4.69) is 5.32 Å². The van der Waals surface area contributed by atoms with Crippen molar-refractivity contribution < 1.29 is 19.4 Å². The van der Waals surface area contributed by atoms with Crippen LogP contribution in [0.2, 0.25) is 5.02 Å². The smallest absolute Gasteiger partial charge is 0.305 e. The summed E-state index contributed by atoms with van der Waals surface area (Å²) in [6.45, 7) is 5.46.